The second-order valence-electron chi connectivity index (χ2n) is 18.4. The number of allylic oxidation sites excluding steroid dienone is 1. The second kappa shape index (κ2) is 13.6. The van der Waals surface area contributed by atoms with Gasteiger partial charge in [0.1, 0.15) is 11.6 Å². The monoisotopic (exact) mass is 743 g/mol. The molecule has 6 nitrogen and oxygen atoms in total. The van der Waals surface area contributed by atoms with Crippen LogP contribution in [0.5, 0.6) is 0 Å². The van der Waals surface area contributed by atoms with Crippen LogP contribution in [0.4, 0.5) is 0 Å². The number of carbonyl (C=O) groups excluding carboxylic acids is 2. The fourth-order valence-electron chi connectivity index (χ4n) is 13.0. The van der Waals surface area contributed by atoms with Crippen molar-refractivity contribution in [2.75, 3.05) is 7.11 Å². The van der Waals surface area contributed by atoms with Gasteiger partial charge in [0.2, 0.25) is 0 Å². The van der Waals surface area contributed by atoms with Gasteiger partial charge in [-0.2, -0.15) is 0 Å². The minimum absolute atomic E-state index is 0. The van der Waals surface area contributed by atoms with Crippen LogP contribution in [0.2, 0.25) is 0 Å². The van der Waals surface area contributed by atoms with Crippen molar-refractivity contribution < 1.29 is 62.4 Å². The molecule has 6 fully saturated rings. The molecule has 0 aromatic rings. The van der Waals surface area contributed by atoms with Gasteiger partial charge in [-0.15, -0.1) is 13.2 Å². The van der Waals surface area contributed by atoms with E-state index >= 15 is 0 Å². The molecule has 6 aliphatic rings. The van der Waals surface area contributed by atoms with Crippen molar-refractivity contribution in [3.8, 4) is 0 Å². The molecule has 0 aromatic carbocycles. The number of hydrogen-bond acceptors (Lipinski definition) is 6. The van der Waals surface area contributed by atoms with Crippen molar-refractivity contribution in [1.82, 2.24) is 0 Å². The fraction of sp³-hybridized carbons (Fsp3) is 0.854. The Morgan fingerprint density at radius 1 is 0.771 bits per heavy atom. The Balaban J connectivity index is 0.000000212. The van der Waals surface area contributed by atoms with Crippen LogP contribution in [0.15, 0.2) is 25.3 Å². The minimum atomic E-state index is -0.639. The quantitative estimate of drug-likeness (QED) is 0.262. The van der Waals surface area contributed by atoms with Gasteiger partial charge in [-0.05, 0) is 99.2 Å². The summed E-state index contributed by atoms with van der Waals surface area (Å²) in [6, 6.07) is 0. The van der Waals surface area contributed by atoms with E-state index in [0.29, 0.717) is 36.9 Å². The molecule has 4 bridgehead atoms. The van der Waals surface area contributed by atoms with Crippen LogP contribution in [0.1, 0.15) is 120 Å². The number of methoxy groups -OCH3 is 1. The molecule has 0 heterocycles. The normalized spacial score (nSPS) is 54.5. The van der Waals surface area contributed by atoms with E-state index in [4.69, 9.17) is 4.74 Å². The summed E-state index contributed by atoms with van der Waals surface area (Å²) in [6.07, 6.45) is 10.7. The standard InChI is InChI=1S/C21H34O3.C20H32O3.Y/c1-7-19(4)12-16(22)20(5)13(2)8-10-21(14(3)18(19)23)11-9-15(24-6)17(20)21;1-6-18(4)11-15(22)19(5)12(2)7-9-20(13(3)17(18)23)10-8-14(21)16(19)20;/h7,13-17,22H,1,8-12H2,2-6H3;6,12-13,15-17,22-23H,1,7-11H2,2-5H3;/t13?,14-,15+,16+,17?,19+,20-,21-;12?,13-,15+,16?,17-,18+,19-,20-;/m00./s1. The van der Waals surface area contributed by atoms with Gasteiger partial charge in [0.25, 0.3) is 0 Å². The number of ether oxygens (including phenoxy) is 1. The zero-order valence-corrected chi connectivity index (χ0v) is 34.4. The molecule has 6 saturated carbocycles. The van der Waals surface area contributed by atoms with Crippen molar-refractivity contribution in [3.05, 3.63) is 25.3 Å². The molecule has 4 unspecified atom stereocenters. The van der Waals surface area contributed by atoms with Crippen LogP contribution in [0, 0.1) is 68.0 Å². The van der Waals surface area contributed by atoms with E-state index in [9.17, 15) is 24.9 Å². The van der Waals surface area contributed by atoms with Gasteiger partial charge in [0.15, 0.2) is 0 Å². The van der Waals surface area contributed by atoms with Gasteiger partial charge in [-0.3, -0.25) is 9.59 Å². The number of aliphatic hydroxyl groups is 3. The molecule has 6 rings (SSSR count). The first-order valence-corrected chi connectivity index (χ1v) is 18.7. The molecule has 269 valence electrons. The summed E-state index contributed by atoms with van der Waals surface area (Å²) in [6.45, 7) is 24.9. The van der Waals surface area contributed by atoms with Crippen molar-refractivity contribution >= 4 is 11.6 Å². The first-order valence-electron chi connectivity index (χ1n) is 18.7. The van der Waals surface area contributed by atoms with E-state index in [0.717, 1.165) is 44.9 Å². The van der Waals surface area contributed by atoms with Crippen LogP contribution in [-0.4, -0.2) is 58.4 Å². The molecule has 0 spiro atoms. The van der Waals surface area contributed by atoms with Gasteiger partial charge < -0.3 is 20.1 Å². The van der Waals surface area contributed by atoms with E-state index in [2.05, 4.69) is 54.7 Å². The maximum absolute atomic E-state index is 13.4. The molecule has 1 radical (unpaired) electrons. The molecule has 48 heavy (non-hydrogen) atoms. The number of hydrogen-bond donors (Lipinski definition) is 3. The third kappa shape index (κ3) is 5.45. The van der Waals surface area contributed by atoms with Crippen molar-refractivity contribution in [3.63, 3.8) is 0 Å². The number of rotatable bonds is 3. The Kier molecular flexibility index (Phi) is 11.5. The van der Waals surface area contributed by atoms with E-state index in [1.54, 1.807) is 13.2 Å². The zero-order chi connectivity index (χ0) is 35.1. The van der Waals surface area contributed by atoms with Crippen LogP contribution >= 0.6 is 0 Å². The Morgan fingerprint density at radius 2 is 1.31 bits per heavy atom. The van der Waals surface area contributed by atoms with Gasteiger partial charge >= 0.3 is 0 Å². The summed E-state index contributed by atoms with van der Waals surface area (Å²) in [7, 11) is 1.79. The first kappa shape index (κ1) is 40.5. The Labute approximate surface area is 316 Å². The summed E-state index contributed by atoms with van der Waals surface area (Å²) >= 11 is 0. The number of ketones is 2. The number of Topliss-reactive ketones (excluding diaryl/α,β-unsaturated/α-hetero) is 2. The fourth-order valence-corrected chi connectivity index (χ4v) is 13.0. The average molecular weight is 744 g/mol. The molecule has 7 heteroatoms. The third-order valence-electron chi connectivity index (χ3n) is 16.9. The largest absolute Gasteiger partial charge is 0.392 e. The second-order valence-corrected chi connectivity index (χ2v) is 18.4. The van der Waals surface area contributed by atoms with Gasteiger partial charge in [-0.25, -0.2) is 0 Å². The van der Waals surface area contributed by atoms with E-state index in [1.165, 1.54) is 0 Å². The molecule has 0 aliphatic heterocycles. The predicted molar refractivity (Wildman–Crippen MR) is 186 cm³/mol. The van der Waals surface area contributed by atoms with Crippen molar-refractivity contribution in [2.24, 2.45) is 68.0 Å². The van der Waals surface area contributed by atoms with Crippen molar-refractivity contribution in [1.29, 1.82) is 0 Å². The Hall–Kier alpha value is -0.236. The molecule has 0 saturated heterocycles. The van der Waals surface area contributed by atoms with Gasteiger partial charge in [0, 0.05) is 79.7 Å². The zero-order valence-electron chi connectivity index (χ0n) is 31.6. The molecule has 0 amide bonds. The van der Waals surface area contributed by atoms with Crippen LogP contribution in [0.25, 0.3) is 0 Å². The molecule has 3 N–H and O–H groups in total. The summed E-state index contributed by atoms with van der Waals surface area (Å²) in [5, 5.41) is 33.6. The molecule has 6 aliphatic carbocycles. The maximum Gasteiger partial charge on any atom is 0.145 e. The average Bonchev–Trinajstić information content (AvgIpc) is 3.62. The van der Waals surface area contributed by atoms with Crippen LogP contribution < -0.4 is 0 Å². The van der Waals surface area contributed by atoms with E-state index in [-0.39, 0.29) is 84.5 Å². The summed E-state index contributed by atoms with van der Waals surface area (Å²) < 4.78 is 5.89. The minimum Gasteiger partial charge on any atom is -0.392 e. The summed E-state index contributed by atoms with van der Waals surface area (Å²) in [5.41, 5.74) is -1.96. The number of aliphatic hydroxyl groups excluding tert-OH is 3. The maximum atomic E-state index is 13.4. The molecule has 16 atom stereocenters. The van der Waals surface area contributed by atoms with E-state index in [1.807, 2.05) is 19.9 Å². The molecule has 0 aromatic heterocycles. The summed E-state index contributed by atoms with van der Waals surface area (Å²) in [5.74, 6) is 1.47. The molecular formula is C41H66O6Y. The Morgan fingerprint density at radius 3 is 1.88 bits per heavy atom. The Bertz CT molecular complexity index is 1270. The van der Waals surface area contributed by atoms with E-state index < -0.39 is 34.6 Å². The van der Waals surface area contributed by atoms with Gasteiger partial charge in [0.05, 0.1) is 24.4 Å². The summed E-state index contributed by atoms with van der Waals surface area (Å²) in [4.78, 5) is 26.2. The third-order valence-corrected chi connectivity index (χ3v) is 16.9. The van der Waals surface area contributed by atoms with Crippen LogP contribution in [-0.2, 0) is 47.0 Å². The molecular weight excluding hydrogens is 677 g/mol. The number of carbonyl (C=O) groups is 2. The SMILES string of the molecule is C=C[C@]1(C)C[C@@H](O)[C@]2(C)C(C)CC[C@]3(CCC(=O)C32)[C@@H](C)[C@@H]1O.C=C[C@]1(C)C[C@@H](O)[C@]2(C)C(C)CC[C@]3(CC[C@@H](OC)C32)[C@@H](C)C1=O.[Y]. The first-order chi connectivity index (χ1) is 21.8. The van der Waals surface area contributed by atoms with Crippen LogP contribution in [0.3, 0.4) is 0 Å². The topological polar surface area (TPSA) is 104 Å². The van der Waals surface area contributed by atoms with Crippen molar-refractivity contribution in [2.45, 2.75) is 144 Å². The van der Waals surface area contributed by atoms with Gasteiger partial charge in [-0.1, -0.05) is 60.6 Å². The smallest absolute Gasteiger partial charge is 0.145 e. The predicted octanol–water partition coefficient (Wildman–Crippen LogP) is 7.34.